The minimum atomic E-state index is 0.357. The topological polar surface area (TPSA) is 47.5 Å². The highest BCUT2D eigenvalue weighted by molar-refractivity contribution is 6.29. The van der Waals surface area contributed by atoms with Gasteiger partial charge in [0.25, 0.3) is 0 Å². The zero-order valence-corrected chi connectivity index (χ0v) is 11.5. The number of anilines is 1. The van der Waals surface area contributed by atoms with Crippen molar-refractivity contribution in [3.05, 3.63) is 17.0 Å². The summed E-state index contributed by atoms with van der Waals surface area (Å²) in [6.07, 6.45) is 1.01. The van der Waals surface area contributed by atoms with Crippen LogP contribution in [-0.2, 0) is 16.1 Å². The van der Waals surface area contributed by atoms with Crippen LogP contribution in [0.5, 0.6) is 0 Å². The first-order chi connectivity index (χ1) is 8.70. The highest BCUT2D eigenvalue weighted by atomic mass is 35.5. The molecule has 1 aromatic rings. The van der Waals surface area contributed by atoms with Crippen molar-refractivity contribution in [2.24, 2.45) is 0 Å². The van der Waals surface area contributed by atoms with E-state index in [1.54, 1.807) is 6.07 Å². The molecule has 0 aromatic carbocycles. The van der Waals surface area contributed by atoms with Crippen LogP contribution in [0, 0.1) is 0 Å². The van der Waals surface area contributed by atoms with E-state index in [9.17, 15) is 0 Å². The number of likely N-dealkylation sites (N-methyl/N-ethyl adjacent to an activating group) is 1. The predicted octanol–water partition coefficient (Wildman–Crippen LogP) is 1.89. The molecule has 0 bridgehead atoms. The van der Waals surface area contributed by atoms with Crippen LogP contribution < -0.4 is 4.90 Å². The standard InChI is InChI=1S/C12H18ClN3O2/c1-3-17-8-11-14-10(13)6-12(15-11)16(2)9-4-5-18-7-9/h6,9H,3-5,7-8H2,1-2H3. The molecule has 2 heterocycles. The van der Waals surface area contributed by atoms with Crippen molar-refractivity contribution in [2.45, 2.75) is 26.0 Å². The van der Waals surface area contributed by atoms with Crippen LogP contribution in [-0.4, -0.2) is 42.9 Å². The fourth-order valence-corrected chi connectivity index (χ4v) is 2.10. The first-order valence-electron chi connectivity index (χ1n) is 6.12. The molecule has 1 saturated heterocycles. The minimum Gasteiger partial charge on any atom is -0.379 e. The second-order valence-electron chi connectivity index (χ2n) is 4.23. The smallest absolute Gasteiger partial charge is 0.158 e. The van der Waals surface area contributed by atoms with Crippen LogP contribution >= 0.6 is 11.6 Å². The molecule has 0 N–H and O–H groups in total. The van der Waals surface area contributed by atoms with E-state index < -0.39 is 0 Å². The van der Waals surface area contributed by atoms with E-state index >= 15 is 0 Å². The number of ether oxygens (including phenoxy) is 2. The van der Waals surface area contributed by atoms with Gasteiger partial charge in [-0.25, -0.2) is 9.97 Å². The molecule has 100 valence electrons. The van der Waals surface area contributed by atoms with Gasteiger partial charge >= 0.3 is 0 Å². The summed E-state index contributed by atoms with van der Waals surface area (Å²) in [7, 11) is 2.00. The van der Waals surface area contributed by atoms with Crippen molar-refractivity contribution in [3.8, 4) is 0 Å². The Morgan fingerprint density at radius 1 is 1.56 bits per heavy atom. The summed E-state index contributed by atoms with van der Waals surface area (Å²) in [6, 6.07) is 2.13. The Morgan fingerprint density at radius 2 is 2.39 bits per heavy atom. The monoisotopic (exact) mass is 271 g/mol. The maximum atomic E-state index is 6.02. The van der Waals surface area contributed by atoms with E-state index in [4.69, 9.17) is 21.1 Å². The summed E-state index contributed by atoms with van der Waals surface area (Å²) < 4.78 is 10.7. The fraction of sp³-hybridized carbons (Fsp3) is 0.667. The van der Waals surface area contributed by atoms with Gasteiger partial charge < -0.3 is 14.4 Å². The number of halogens is 1. The van der Waals surface area contributed by atoms with E-state index in [0.717, 1.165) is 25.5 Å². The summed E-state index contributed by atoms with van der Waals surface area (Å²) in [4.78, 5) is 10.7. The Kier molecular flexibility index (Phi) is 4.74. The van der Waals surface area contributed by atoms with Crippen LogP contribution in [0.1, 0.15) is 19.2 Å². The summed E-state index contributed by atoms with van der Waals surface area (Å²) >= 11 is 6.02. The predicted molar refractivity (Wildman–Crippen MR) is 70.0 cm³/mol. The molecule has 0 spiro atoms. The summed E-state index contributed by atoms with van der Waals surface area (Å²) in [5.74, 6) is 1.44. The zero-order valence-electron chi connectivity index (χ0n) is 10.7. The van der Waals surface area contributed by atoms with Crippen molar-refractivity contribution < 1.29 is 9.47 Å². The van der Waals surface area contributed by atoms with Crippen LogP contribution in [0.15, 0.2) is 6.07 Å². The number of aromatic nitrogens is 2. The Hall–Kier alpha value is -0.910. The third-order valence-corrected chi connectivity index (χ3v) is 3.17. The van der Waals surface area contributed by atoms with Gasteiger partial charge in [0.2, 0.25) is 0 Å². The second-order valence-corrected chi connectivity index (χ2v) is 4.62. The molecule has 0 saturated carbocycles. The number of nitrogens with zero attached hydrogens (tertiary/aromatic N) is 3. The van der Waals surface area contributed by atoms with Crippen molar-refractivity contribution in [1.82, 2.24) is 9.97 Å². The normalized spacial score (nSPS) is 19.2. The quantitative estimate of drug-likeness (QED) is 0.766. The van der Waals surface area contributed by atoms with E-state index in [-0.39, 0.29) is 0 Å². The molecular formula is C12H18ClN3O2. The van der Waals surface area contributed by atoms with Crippen molar-refractivity contribution >= 4 is 17.4 Å². The fourth-order valence-electron chi connectivity index (χ4n) is 1.90. The average molecular weight is 272 g/mol. The molecule has 0 aliphatic carbocycles. The number of hydrogen-bond donors (Lipinski definition) is 0. The van der Waals surface area contributed by atoms with E-state index in [1.807, 2.05) is 14.0 Å². The van der Waals surface area contributed by atoms with Gasteiger partial charge in [-0.05, 0) is 13.3 Å². The largest absolute Gasteiger partial charge is 0.379 e. The molecular weight excluding hydrogens is 254 g/mol. The molecule has 1 aliphatic rings. The SMILES string of the molecule is CCOCc1nc(Cl)cc(N(C)C2CCOC2)n1. The molecule has 18 heavy (non-hydrogen) atoms. The van der Waals surface area contributed by atoms with Crippen LogP contribution in [0.4, 0.5) is 5.82 Å². The maximum Gasteiger partial charge on any atom is 0.158 e. The van der Waals surface area contributed by atoms with Gasteiger partial charge in [-0.1, -0.05) is 11.6 Å². The molecule has 1 aromatic heterocycles. The van der Waals surface area contributed by atoms with Gasteiger partial charge in [0.1, 0.15) is 17.6 Å². The van der Waals surface area contributed by atoms with E-state index in [2.05, 4.69) is 14.9 Å². The highest BCUT2D eigenvalue weighted by Crippen LogP contribution is 2.20. The summed E-state index contributed by atoms with van der Waals surface area (Å²) in [5.41, 5.74) is 0. The molecule has 6 heteroatoms. The third kappa shape index (κ3) is 3.31. The van der Waals surface area contributed by atoms with Crippen LogP contribution in [0.3, 0.4) is 0 Å². The molecule has 2 rings (SSSR count). The van der Waals surface area contributed by atoms with Gasteiger partial charge in [-0.3, -0.25) is 0 Å². The number of rotatable bonds is 5. The first-order valence-corrected chi connectivity index (χ1v) is 6.50. The van der Waals surface area contributed by atoms with Gasteiger partial charge in [-0.15, -0.1) is 0 Å². The molecule has 1 aliphatic heterocycles. The van der Waals surface area contributed by atoms with Crippen molar-refractivity contribution in [3.63, 3.8) is 0 Å². The van der Waals surface area contributed by atoms with Crippen LogP contribution in [0.2, 0.25) is 5.15 Å². The molecule has 5 nitrogen and oxygen atoms in total. The first kappa shape index (κ1) is 13.5. The Morgan fingerprint density at radius 3 is 3.06 bits per heavy atom. The Bertz CT molecular complexity index is 397. The lowest BCUT2D eigenvalue weighted by Crippen LogP contribution is -2.32. The lowest BCUT2D eigenvalue weighted by molar-refractivity contribution is 0.128. The Balaban J connectivity index is 2.13. The van der Waals surface area contributed by atoms with Crippen molar-refractivity contribution in [2.75, 3.05) is 31.8 Å². The molecule has 0 radical (unpaired) electrons. The summed E-state index contributed by atoms with van der Waals surface area (Å²) in [6.45, 7) is 4.50. The second kappa shape index (κ2) is 6.31. The maximum absolute atomic E-state index is 6.02. The minimum absolute atomic E-state index is 0.357. The van der Waals surface area contributed by atoms with Gasteiger partial charge in [-0.2, -0.15) is 0 Å². The lowest BCUT2D eigenvalue weighted by atomic mass is 10.2. The zero-order chi connectivity index (χ0) is 13.0. The van der Waals surface area contributed by atoms with E-state index in [1.165, 1.54) is 0 Å². The van der Waals surface area contributed by atoms with E-state index in [0.29, 0.717) is 30.2 Å². The molecule has 1 unspecified atom stereocenters. The van der Waals surface area contributed by atoms with Crippen LogP contribution in [0.25, 0.3) is 0 Å². The third-order valence-electron chi connectivity index (χ3n) is 2.98. The molecule has 1 fully saturated rings. The van der Waals surface area contributed by atoms with Gasteiger partial charge in [0, 0.05) is 26.3 Å². The lowest BCUT2D eigenvalue weighted by Gasteiger charge is -2.24. The average Bonchev–Trinajstić information content (AvgIpc) is 2.88. The highest BCUT2D eigenvalue weighted by Gasteiger charge is 2.22. The summed E-state index contributed by atoms with van der Waals surface area (Å²) in [5, 5.41) is 0.445. The Labute approximate surface area is 112 Å². The van der Waals surface area contributed by atoms with Crippen molar-refractivity contribution in [1.29, 1.82) is 0 Å². The van der Waals surface area contributed by atoms with Gasteiger partial charge in [0.15, 0.2) is 5.82 Å². The number of hydrogen-bond acceptors (Lipinski definition) is 5. The molecule has 0 amide bonds. The van der Waals surface area contributed by atoms with Gasteiger partial charge in [0.05, 0.1) is 12.6 Å². The molecule has 1 atom stereocenters.